The molecule has 108 valence electrons. The molecule has 0 amide bonds. The van der Waals surface area contributed by atoms with Crippen molar-refractivity contribution < 1.29 is 14.5 Å². The Morgan fingerprint density at radius 2 is 1.95 bits per heavy atom. The van der Waals surface area contributed by atoms with Crippen LogP contribution in [0, 0.1) is 10.1 Å². The number of benzene rings is 2. The second kappa shape index (κ2) is 6.37. The van der Waals surface area contributed by atoms with Crippen LogP contribution in [-0.4, -0.2) is 17.5 Å². The number of hydrogen-bond acceptors (Lipinski definition) is 4. The summed E-state index contributed by atoms with van der Waals surface area (Å²) in [6.45, 7) is 1.82. The van der Waals surface area contributed by atoms with Gasteiger partial charge in [-0.3, -0.25) is 10.1 Å². The Bertz CT molecular complexity index is 686. The van der Waals surface area contributed by atoms with Gasteiger partial charge in [0.25, 0.3) is 5.69 Å². The van der Waals surface area contributed by atoms with Gasteiger partial charge in [-0.1, -0.05) is 41.9 Å². The molecule has 0 aromatic heterocycles. The Morgan fingerprint density at radius 3 is 2.52 bits per heavy atom. The van der Waals surface area contributed by atoms with Gasteiger partial charge in [-0.2, -0.15) is 0 Å². The maximum atomic E-state index is 11.8. The monoisotopic (exact) mass is 305 g/mol. The quantitative estimate of drug-likeness (QED) is 0.484. The largest absolute Gasteiger partial charge is 0.462 e. The van der Waals surface area contributed by atoms with Crippen molar-refractivity contribution in [1.29, 1.82) is 0 Å². The number of rotatable bonds is 4. The highest BCUT2D eigenvalue weighted by atomic mass is 35.5. The number of carbonyl (C=O) groups excluding carboxylic acids is 1. The first-order chi connectivity index (χ1) is 10.0. The van der Waals surface area contributed by atoms with Gasteiger partial charge in [0.05, 0.1) is 27.7 Å². The number of nitrogens with zero attached hydrogens (tertiary/aromatic N) is 1. The van der Waals surface area contributed by atoms with Crippen molar-refractivity contribution in [3.05, 3.63) is 63.2 Å². The second-order valence-corrected chi connectivity index (χ2v) is 4.60. The smallest absolute Gasteiger partial charge is 0.339 e. The summed E-state index contributed by atoms with van der Waals surface area (Å²) in [6, 6.07) is 11.4. The molecule has 2 rings (SSSR count). The molecule has 0 fully saturated rings. The molecule has 21 heavy (non-hydrogen) atoms. The van der Waals surface area contributed by atoms with E-state index >= 15 is 0 Å². The minimum atomic E-state index is -0.676. The SMILES string of the molecule is CCOC(=O)c1cc([N+](=O)[O-])c(-c2ccccc2)cc1Cl. The lowest BCUT2D eigenvalue weighted by atomic mass is 10.0. The van der Waals surface area contributed by atoms with Crippen LogP contribution in [0.25, 0.3) is 11.1 Å². The summed E-state index contributed by atoms with van der Waals surface area (Å²) in [5, 5.41) is 11.4. The van der Waals surface area contributed by atoms with E-state index in [4.69, 9.17) is 16.3 Å². The van der Waals surface area contributed by atoms with E-state index in [-0.39, 0.29) is 22.9 Å². The fraction of sp³-hybridized carbons (Fsp3) is 0.133. The number of halogens is 1. The molecular formula is C15H12ClNO4. The fourth-order valence-electron chi connectivity index (χ4n) is 1.93. The summed E-state index contributed by atoms with van der Waals surface area (Å²) in [6.07, 6.45) is 0. The first-order valence-corrected chi connectivity index (χ1v) is 6.63. The predicted molar refractivity (Wildman–Crippen MR) is 79.5 cm³/mol. The molecule has 0 aliphatic rings. The van der Waals surface area contributed by atoms with E-state index in [1.165, 1.54) is 6.07 Å². The zero-order valence-corrected chi connectivity index (χ0v) is 12.0. The first kappa shape index (κ1) is 15.0. The van der Waals surface area contributed by atoms with Crippen LogP contribution in [0.5, 0.6) is 0 Å². The molecule has 6 heteroatoms. The van der Waals surface area contributed by atoms with Crippen molar-refractivity contribution in [2.24, 2.45) is 0 Å². The maximum absolute atomic E-state index is 11.8. The normalized spacial score (nSPS) is 10.2. The summed E-state index contributed by atoms with van der Waals surface area (Å²) in [5.74, 6) is -0.676. The van der Waals surface area contributed by atoms with Gasteiger partial charge in [-0.05, 0) is 18.6 Å². The molecule has 0 N–H and O–H groups in total. The van der Waals surface area contributed by atoms with Crippen LogP contribution in [0.3, 0.4) is 0 Å². The Labute approximate surface area is 126 Å². The van der Waals surface area contributed by atoms with E-state index in [0.717, 1.165) is 6.07 Å². The number of hydrogen-bond donors (Lipinski definition) is 0. The maximum Gasteiger partial charge on any atom is 0.339 e. The van der Waals surface area contributed by atoms with Gasteiger partial charge in [-0.15, -0.1) is 0 Å². The Balaban J connectivity index is 2.60. The second-order valence-electron chi connectivity index (χ2n) is 4.19. The summed E-state index contributed by atoms with van der Waals surface area (Å²) < 4.78 is 4.84. The average molecular weight is 306 g/mol. The highest BCUT2D eigenvalue weighted by molar-refractivity contribution is 6.34. The van der Waals surface area contributed by atoms with Gasteiger partial charge >= 0.3 is 5.97 Å². The Morgan fingerprint density at radius 1 is 1.29 bits per heavy atom. The van der Waals surface area contributed by atoms with E-state index in [0.29, 0.717) is 11.1 Å². The van der Waals surface area contributed by atoms with Crippen molar-refractivity contribution in [2.45, 2.75) is 6.92 Å². The highest BCUT2D eigenvalue weighted by Crippen LogP contribution is 2.34. The molecule has 5 nitrogen and oxygen atoms in total. The van der Waals surface area contributed by atoms with Crippen LogP contribution < -0.4 is 0 Å². The minimum Gasteiger partial charge on any atom is -0.462 e. The number of nitro benzene ring substituents is 1. The molecule has 0 atom stereocenters. The van der Waals surface area contributed by atoms with Gasteiger partial charge in [0.1, 0.15) is 0 Å². The molecule has 0 saturated carbocycles. The molecule has 0 aliphatic heterocycles. The molecule has 2 aromatic rings. The van der Waals surface area contributed by atoms with Gasteiger partial charge in [-0.25, -0.2) is 4.79 Å². The lowest BCUT2D eigenvalue weighted by molar-refractivity contribution is -0.384. The zero-order chi connectivity index (χ0) is 15.4. The van der Waals surface area contributed by atoms with Crippen molar-refractivity contribution >= 4 is 23.3 Å². The van der Waals surface area contributed by atoms with Crippen molar-refractivity contribution in [3.8, 4) is 11.1 Å². The minimum absolute atomic E-state index is 0.00935. The summed E-state index contributed by atoms with van der Waals surface area (Å²) in [7, 11) is 0. The van der Waals surface area contributed by atoms with E-state index < -0.39 is 10.9 Å². The lowest BCUT2D eigenvalue weighted by Crippen LogP contribution is -2.06. The molecular weight excluding hydrogens is 294 g/mol. The van der Waals surface area contributed by atoms with Gasteiger partial charge in [0.2, 0.25) is 0 Å². The zero-order valence-electron chi connectivity index (χ0n) is 11.2. The standard InChI is InChI=1S/C15H12ClNO4/c1-2-21-15(18)12-9-14(17(19)20)11(8-13(12)16)10-6-4-3-5-7-10/h3-9H,2H2,1H3. The van der Waals surface area contributed by atoms with Gasteiger partial charge < -0.3 is 4.74 Å². The predicted octanol–water partition coefficient (Wildman–Crippen LogP) is 4.09. The third kappa shape index (κ3) is 3.20. The van der Waals surface area contributed by atoms with E-state index in [9.17, 15) is 14.9 Å². The van der Waals surface area contributed by atoms with Crippen LogP contribution in [0.15, 0.2) is 42.5 Å². The summed E-state index contributed by atoms with van der Waals surface area (Å²) in [4.78, 5) is 22.5. The van der Waals surface area contributed by atoms with E-state index in [1.807, 2.05) is 6.07 Å². The molecule has 0 unspecified atom stereocenters. The molecule has 0 radical (unpaired) electrons. The average Bonchev–Trinajstić information content (AvgIpc) is 2.47. The van der Waals surface area contributed by atoms with E-state index in [1.54, 1.807) is 31.2 Å². The Kier molecular flexibility index (Phi) is 4.55. The molecule has 0 aliphatic carbocycles. The molecule has 0 spiro atoms. The van der Waals surface area contributed by atoms with Gasteiger partial charge in [0, 0.05) is 6.07 Å². The van der Waals surface area contributed by atoms with Crippen molar-refractivity contribution in [3.63, 3.8) is 0 Å². The van der Waals surface area contributed by atoms with Crippen LogP contribution in [0.4, 0.5) is 5.69 Å². The molecule has 2 aromatic carbocycles. The Hall–Kier alpha value is -2.40. The number of nitro groups is 1. The van der Waals surface area contributed by atoms with Crippen LogP contribution in [0.2, 0.25) is 5.02 Å². The first-order valence-electron chi connectivity index (χ1n) is 6.25. The topological polar surface area (TPSA) is 69.4 Å². The number of esters is 1. The van der Waals surface area contributed by atoms with Crippen LogP contribution in [0.1, 0.15) is 17.3 Å². The van der Waals surface area contributed by atoms with Gasteiger partial charge in [0.15, 0.2) is 0 Å². The number of carbonyl (C=O) groups is 1. The summed E-state index contributed by atoms with van der Waals surface area (Å²) in [5.41, 5.74) is 0.818. The lowest BCUT2D eigenvalue weighted by Gasteiger charge is -2.08. The number of ether oxygens (including phenoxy) is 1. The molecule has 0 saturated heterocycles. The van der Waals surface area contributed by atoms with E-state index in [2.05, 4.69) is 0 Å². The highest BCUT2D eigenvalue weighted by Gasteiger charge is 2.22. The fourth-order valence-corrected chi connectivity index (χ4v) is 2.17. The molecule has 0 bridgehead atoms. The van der Waals surface area contributed by atoms with Crippen LogP contribution in [-0.2, 0) is 4.74 Å². The summed E-state index contributed by atoms with van der Waals surface area (Å²) >= 11 is 6.06. The third-order valence-electron chi connectivity index (χ3n) is 2.86. The van der Waals surface area contributed by atoms with Crippen molar-refractivity contribution in [2.75, 3.05) is 6.61 Å². The van der Waals surface area contributed by atoms with Crippen LogP contribution >= 0.6 is 11.6 Å². The molecule has 0 heterocycles. The van der Waals surface area contributed by atoms with Crippen molar-refractivity contribution in [1.82, 2.24) is 0 Å². The third-order valence-corrected chi connectivity index (χ3v) is 3.17.